The standard InChI is InChI=1S/C11H15Cl2NO2/c1-2-16-11-8(7-14-3-4-15)5-9(12)6-10(11)13/h5-6,14-15H,2-4,7H2,1H3. The van der Waals surface area contributed by atoms with E-state index in [4.69, 9.17) is 33.0 Å². The minimum Gasteiger partial charge on any atom is -0.492 e. The van der Waals surface area contributed by atoms with E-state index in [9.17, 15) is 0 Å². The molecule has 2 N–H and O–H groups in total. The summed E-state index contributed by atoms with van der Waals surface area (Å²) in [5.41, 5.74) is 0.896. The second-order valence-electron chi connectivity index (χ2n) is 3.21. The second kappa shape index (κ2) is 6.97. The molecule has 3 nitrogen and oxygen atoms in total. The Kier molecular flexibility index (Phi) is 5.91. The number of halogens is 2. The van der Waals surface area contributed by atoms with E-state index in [2.05, 4.69) is 5.32 Å². The predicted molar refractivity (Wildman–Crippen MR) is 66.4 cm³/mol. The van der Waals surface area contributed by atoms with Crippen LogP contribution < -0.4 is 10.1 Å². The third-order valence-electron chi connectivity index (χ3n) is 1.98. The van der Waals surface area contributed by atoms with Crippen molar-refractivity contribution in [2.45, 2.75) is 13.5 Å². The fourth-order valence-corrected chi connectivity index (χ4v) is 1.94. The van der Waals surface area contributed by atoms with Crippen molar-refractivity contribution in [1.82, 2.24) is 5.32 Å². The minimum absolute atomic E-state index is 0.0955. The van der Waals surface area contributed by atoms with Gasteiger partial charge >= 0.3 is 0 Å². The Balaban J connectivity index is 2.85. The summed E-state index contributed by atoms with van der Waals surface area (Å²) in [6.45, 7) is 3.63. The molecule has 0 aliphatic rings. The summed E-state index contributed by atoms with van der Waals surface area (Å²) in [7, 11) is 0. The fraction of sp³-hybridized carbons (Fsp3) is 0.455. The average molecular weight is 264 g/mol. The normalized spacial score (nSPS) is 10.5. The molecule has 1 rings (SSSR count). The Morgan fingerprint density at radius 1 is 1.38 bits per heavy atom. The average Bonchev–Trinajstić information content (AvgIpc) is 2.23. The molecule has 1 aromatic carbocycles. The highest BCUT2D eigenvalue weighted by Crippen LogP contribution is 2.32. The molecule has 0 heterocycles. The Morgan fingerprint density at radius 3 is 2.75 bits per heavy atom. The lowest BCUT2D eigenvalue weighted by atomic mass is 10.2. The van der Waals surface area contributed by atoms with Crippen molar-refractivity contribution in [3.05, 3.63) is 27.7 Å². The van der Waals surface area contributed by atoms with Crippen LogP contribution in [0.2, 0.25) is 10.0 Å². The quantitative estimate of drug-likeness (QED) is 0.775. The first-order valence-corrected chi connectivity index (χ1v) is 5.87. The molecule has 0 amide bonds. The summed E-state index contributed by atoms with van der Waals surface area (Å²) in [4.78, 5) is 0. The first kappa shape index (κ1) is 13.6. The lowest BCUT2D eigenvalue weighted by Crippen LogP contribution is -2.18. The highest BCUT2D eigenvalue weighted by atomic mass is 35.5. The van der Waals surface area contributed by atoms with Crippen LogP contribution in [0.25, 0.3) is 0 Å². The third kappa shape index (κ3) is 3.83. The molecule has 0 bridgehead atoms. The lowest BCUT2D eigenvalue weighted by molar-refractivity contribution is 0.290. The zero-order valence-corrected chi connectivity index (χ0v) is 10.6. The van der Waals surface area contributed by atoms with Gasteiger partial charge in [0.15, 0.2) is 0 Å². The SMILES string of the molecule is CCOc1c(Cl)cc(Cl)cc1CNCCO. The van der Waals surface area contributed by atoms with E-state index in [-0.39, 0.29) is 6.61 Å². The Labute approximate surface area is 105 Å². The maximum Gasteiger partial charge on any atom is 0.142 e. The van der Waals surface area contributed by atoms with Crippen LogP contribution in [0.5, 0.6) is 5.75 Å². The van der Waals surface area contributed by atoms with E-state index in [0.29, 0.717) is 35.5 Å². The van der Waals surface area contributed by atoms with Crippen molar-refractivity contribution < 1.29 is 9.84 Å². The van der Waals surface area contributed by atoms with Crippen LogP contribution in [0.3, 0.4) is 0 Å². The third-order valence-corrected chi connectivity index (χ3v) is 2.48. The van der Waals surface area contributed by atoms with Gasteiger partial charge in [0.1, 0.15) is 5.75 Å². The number of ether oxygens (including phenoxy) is 1. The van der Waals surface area contributed by atoms with Crippen molar-refractivity contribution >= 4 is 23.2 Å². The minimum atomic E-state index is 0.0955. The highest BCUT2D eigenvalue weighted by Gasteiger charge is 2.09. The summed E-state index contributed by atoms with van der Waals surface area (Å²) >= 11 is 12.0. The van der Waals surface area contributed by atoms with Gasteiger partial charge < -0.3 is 15.2 Å². The van der Waals surface area contributed by atoms with E-state index < -0.39 is 0 Å². The predicted octanol–water partition coefficient (Wildman–Crippen LogP) is 2.47. The summed E-state index contributed by atoms with van der Waals surface area (Å²) < 4.78 is 5.46. The van der Waals surface area contributed by atoms with Gasteiger partial charge in [0.05, 0.1) is 18.2 Å². The molecule has 0 unspecified atom stereocenters. The molecular weight excluding hydrogens is 249 g/mol. The summed E-state index contributed by atoms with van der Waals surface area (Å²) in [5, 5.41) is 12.8. The van der Waals surface area contributed by atoms with Crippen molar-refractivity contribution in [2.24, 2.45) is 0 Å². The molecule has 16 heavy (non-hydrogen) atoms. The van der Waals surface area contributed by atoms with Crippen LogP contribution in [0, 0.1) is 0 Å². The van der Waals surface area contributed by atoms with Gasteiger partial charge in [0.2, 0.25) is 0 Å². The van der Waals surface area contributed by atoms with E-state index in [1.165, 1.54) is 0 Å². The number of nitrogens with one attached hydrogen (secondary N) is 1. The summed E-state index contributed by atoms with van der Waals surface area (Å²) in [6, 6.07) is 3.46. The zero-order valence-electron chi connectivity index (χ0n) is 9.09. The lowest BCUT2D eigenvalue weighted by Gasteiger charge is -2.13. The number of hydrogen-bond donors (Lipinski definition) is 2. The molecule has 0 aliphatic carbocycles. The molecule has 1 aromatic rings. The van der Waals surface area contributed by atoms with Crippen LogP contribution in [0.4, 0.5) is 0 Å². The molecule has 0 spiro atoms. The monoisotopic (exact) mass is 263 g/mol. The molecule has 0 saturated carbocycles. The van der Waals surface area contributed by atoms with Gasteiger partial charge in [-0.3, -0.25) is 0 Å². The van der Waals surface area contributed by atoms with Crippen LogP contribution in [-0.4, -0.2) is 24.9 Å². The van der Waals surface area contributed by atoms with Gasteiger partial charge in [-0.05, 0) is 19.1 Å². The van der Waals surface area contributed by atoms with E-state index in [0.717, 1.165) is 5.56 Å². The van der Waals surface area contributed by atoms with Crippen molar-refractivity contribution in [1.29, 1.82) is 0 Å². The number of rotatable bonds is 6. The topological polar surface area (TPSA) is 41.5 Å². The number of hydrogen-bond acceptors (Lipinski definition) is 3. The van der Waals surface area contributed by atoms with Gasteiger partial charge in [0, 0.05) is 23.7 Å². The van der Waals surface area contributed by atoms with Crippen LogP contribution in [0.1, 0.15) is 12.5 Å². The van der Waals surface area contributed by atoms with E-state index in [1.807, 2.05) is 13.0 Å². The fourth-order valence-electron chi connectivity index (χ4n) is 1.35. The van der Waals surface area contributed by atoms with Gasteiger partial charge in [-0.15, -0.1) is 0 Å². The zero-order chi connectivity index (χ0) is 12.0. The molecule has 0 radical (unpaired) electrons. The first-order valence-electron chi connectivity index (χ1n) is 5.11. The molecule has 0 aromatic heterocycles. The molecule has 0 atom stereocenters. The van der Waals surface area contributed by atoms with Gasteiger partial charge in [-0.25, -0.2) is 0 Å². The smallest absolute Gasteiger partial charge is 0.142 e. The van der Waals surface area contributed by atoms with Gasteiger partial charge in [-0.1, -0.05) is 23.2 Å². The van der Waals surface area contributed by atoms with Gasteiger partial charge in [-0.2, -0.15) is 0 Å². The molecule has 0 fully saturated rings. The van der Waals surface area contributed by atoms with E-state index in [1.54, 1.807) is 6.07 Å². The molecule has 0 aliphatic heterocycles. The molecule has 0 saturated heterocycles. The Bertz CT molecular complexity index is 345. The van der Waals surface area contributed by atoms with Crippen LogP contribution in [-0.2, 0) is 6.54 Å². The first-order chi connectivity index (χ1) is 7.69. The van der Waals surface area contributed by atoms with E-state index >= 15 is 0 Å². The Hall–Kier alpha value is -0.480. The summed E-state index contributed by atoms with van der Waals surface area (Å²) in [6.07, 6.45) is 0. The molecule has 90 valence electrons. The van der Waals surface area contributed by atoms with Crippen LogP contribution >= 0.6 is 23.2 Å². The van der Waals surface area contributed by atoms with Crippen molar-refractivity contribution in [2.75, 3.05) is 19.8 Å². The second-order valence-corrected chi connectivity index (χ2v) is 4.05. The highest BCUT2D eigenvalue weighted by molar-refractivity contribution is 6.35. The number of benzene rings is 1. The van der Waals surface area contributed by atoms with Crippen molar-refractivity contribution in [3.8, 4) is 5.75 Å². The largest absolute Gasteiger partial charge is 0.492 e. The molecule has 5 heteroatoms. The summed E-state index contributed by atoms with van der Waals surface area (Å²) in [5.74, 6) is 0.652. The van der Waals surface area contributed by atoms with Gasteiger partial charge in [0.25, 0.3) is 0 Å². The Morgan fingerprint density at radius 2 is 2.12 bits per heavy atom. The molecular formula is C11H15Cl2NO2. The number of aliphatic hydroxyl groups is 1. The maximum atomic E-state index is 8.68. The number of aliphatic hydroxyl groups excluding tert-OH is 1. The maximum absolute atomic E-state index is 8.68. The van der Waals surface area contributed by atoms with Crippen molar-refractivity contribution in [3.63, 3.8) is 0 Å². The van der Waals surface area contributed by atoms with Crippen LogP contribution in [0.15, 0.2) is 12.1 Å².